The summed E-state index contributed by atoms with van der Waals surface area (Å²) >= 11 is 5.90. The molecule has 1 aliphatic carbocycles. The second kappa shape index (κ2) is 4.61. The number of carboxylic acids is 1. The van der Waals surface area contributed by atoms with Crippen molar-refractivity contribution in [2.45, 2.75) is 26.3 Å². The van der Waals surface area contributed by atoms with E-state index in [-0.39, 0.29) is 0 Å². The Kier molecular flexibility index (Phi) is 3.30. The van der Waals surface area contributed by atoms with E-state index < -0.39 is 17.3 Å². The molecule has 1 fully saturated rings. The van der Waals surface area contributed by atoms with Crippen LogP contribution >= 0.6 is 11.6 Å². The van der Waals surface area contributed by atoms with Gasteiger partial charge in [-0.15, -0.1) is 0 Å². The fraction of sp³-hybridized carbons (Fsp3) is 0.385. The zero-order chi connectivity index (χ0) is 13.3. The number of rotatable bonds is 4. The Morgan fingerprint density at radius 2 is 2.11 bits per heavy atom. The van der Waals surface area contributed by atoms with Gasteiger partial charge in [-0.2, -0.15) is 0 Å². The average molecular weight is 268 g/mol. The lowest BCUT2D eigenvalue weighted by Gasteiger charge is -2.11. The second-order valence-corrected chi connectivity index (χ2v) is 5.06. The molecule has 5 heteroatoms. The van der Waals surface area contributed by atoms with Crippen molar-refractivity contribution < 1.29 is 14.7 Å². The van der Waals surface area contributed by atoms with E-state index >= 15 is 0 Å². The van der Waals surface area contributed by atoms with Crippen LogP contribution in [0, 0.1) is 12.3 Å². The van der Waals surface area contributed by atoms with E-state index in [1.54, 1.807) is 6.07 Å². The van der Waals surface area contributed by atoms with Crippen LogP contribution in [-0.4, -0.2) is 17.0 Å². The Hall–Kier alpha value is -1.55. The molecule has 0 aromatic heterocycles. The van der Waals surface area contributed by atoms with Crippen LogP contribution in [0.25, 0.3) is 0 Å². The van der Waals surface area contributed by atoms with Crippen molar-refractivity contribution in [3.8, 4) is 0 Å². The monoisotopic (exact) mass is 267 g/mol. The second-order valence-electron chi connectivity index (χ2n) is 4.65. The lowest BCUT2D eigenvalue weighted by molar-refractivity contribution is -0.149. The highest BCUT2D eigenvalue weighted by Gasteiger charge is 2.56. The minimum atomic E-state index is -1.18. The molecule has 0 saturated heterocycles. The molecule has 1 aromatic rings. The first-order chi connectivity index (χ1) is 8.45. The van der Waals surface area contributed by atoms with Gasteiger partial charge in [-0.05, 0) is 37.0 Å². The number of aliphatic carboxylic acids is 1. The summed E-state index contributed by atoms with van der Waals surface area (Å²) in [6.07, 6.45) is 0.849. The molecule has 0 aliphatic heterocycles. The predicted octanol–water partition coefficient (Wildman–Crippen LogP) is 2.13. The molecule has 0 spiro atoms. The Morgan fingerprint density at radius 3 is 2.61 bits per heavy atom. The van der Waals surface area contributed by atoms with Gasteiger partial charge in [0.25, 0.3) is 0 Å². The SMILES string of the molecule is Cc1cc(CNC(=O)C2(C(=O)O)CC2)ccc1Cl. The summed E-state index contributed by atoms with van der Waals surface area (Å²) in [5.74, 6) is -1.44. The summed E-state index contributed by atoms with van der Waals surface area (Å²) in [5.41, 5.74) is 0.663. The van der Waals surface area contributed by atoms with Gasteiger partial charge in [-0.1, -0.05) is 23.7 Å². The topological polar surface area (TPSA) is 66.4 Å². The van der Waals surface area contributed by atoms with Crippen molar-refractivity contribution in [3.63, 3.8) is 0 Å². The van der Waals surface area contributed by atoms with Gasteiger partial charge < -0.3 is 10.4 Å². The van der Waals surface area contributed by atoms with Crippen LogP contribution in [0.4, 0.5) is 0 Å². The van der Waals surface area contributed by atoms with E-state index in [4.69, 9.17) is 16.7 Å². The summed E-state index contributed by atoms with van der Waals surface area (Å²) in [6.45, 7) is 2.21. The maximum atomic E-state index is 11.8. The largest absolute Gasteiger partial charge is 0.480 e. The lowest BCUT2D eigenvalue weighted by atomic mass is 10.1. The number of aryl methyl sites for hydroxylation is 1. The van der Waals surface area contributed by atoms with Gasteiger partial charge in [0.2, 0.25) is 5.91 Å². The summed E-state index contributed by atoms with van der Waals surface area (Å²) in [5, 5.41) is 12.3. The van der Waals surface area contributed by atoms with Gasteiger partial charge in [0.1, 0.15) is 5.41 Å². The molecule has 0 unspecified atom stereocenters. The predicted molar refractivity (Wildman–Crippen MR) is 67.3 cm³/mol. The third-order valence-electron chi connectivity index (χ3n) is 3.27. The molecule has 0 heterocycles. The van der Waals surface area contributed by atoms with Gasteiger partial charge in [0.05, 0.1) is 0 Å². The van der Waals surface area contributed by atoms with E-state index in [9.17, 15) is 9.59 Å². The molecule has 96 valence electrons. The van der Waals surface area contributed by atoms with Gasteiger partial charge >= 0.3 is 5.97 Å². The Balaban J connectivity index is 1.98. The molecule has 1 aromatic carbocycles. The number of carbonyl (C=O) groups is 2. The molecule has 0 atom stereocenters. The molecule has 0 radical (unpaired) electrons. The summed E-state index contributed by atoms with van der Waals surface area (Å²) in [6, 6.07) is 5.46. The number of amides is 1. The maximum Gasteiger partial charge on any atom is 0.319 e. The summed E-state index contributed by atoms with van der Waals surface area (Å²) < 4.78 is 0. The van der Waals surface area contributed by atoms with Crippen LogP contribution in [0.1, 0.15) is 24.0 Å². The highest BCUT2D eigenvalue weighted by Crippen LogP contribution is 2.46. The van der Waals surface area contributed by atoms with Gasteiger partial charge in [0, 0.05) is 11.6 Å². The number of halogens is 1. The molecule has 2 N–H and O–H groups in total. The number of hydrogen-bond donors (Lipinski definition) is 2. The number of carboxylic acid groups (broad SMARTS) is 1. The quantitative estimate of drug-likeness (QED) is 0.822. The molecular formula is C13H14ClNO3. The minimum absolute atomic E-state index is 0.325. The number of benzene rings is 1. The van der Waals surface area contributed by atoms with Crippen LogP contribution in [0.15, 0.2) is 18.2 Å². The third-order valence-corrected chi connectivity index (χ3v) is 3.69. The first-order valence-corrected chi connectivity index (χ1v) is 6.10. The van der Waals surface area contributed by atoms with E-state index in [1.165, 1.54) is 0 Å². The summed E-state index contributed by atoms with van der Waals surface area (Å²) in [7, 11) is 0. The molecule has 1 amide bonds. The van der Waals surface area contributed by atoms with Crippen LogP contribution in [0.2, 0.25) is 5.02 Å². The number of carbonyl (C=O) groups excluding carboxylic acids is 1. The highest BCUT2D eigenvalue weighted by atomic mass is 35.5. The molecule has 18 heavy (non-hydrogen) atoms. The molecule has 2 rings (SSSR count). The van der Waals surface area contributed by atoms with E-state index in [0.717, 1.165) is 11.1 Å². The lowest BCUT2D eigenvalue weighted by Crippen LogP contribution is -2.36. The maximum absolute atomic E-state index is 11.8. The zero-order valence-electron chi connectivity index (χ0n) is 10.00. The normalized spacial score (nSPS) is 16.1. The summed E-state index contributed by atoms with van der Waals surface area (Å²) in [4.78, 5) is 22.7. The molecule has 4 nitrogen and oxygen atoms in total. The van der Waals surface area contributed by atoms with E-state index in [1.807, 2.05) is 19.1 Å². The molecule has 1 saturated carbocycles. The molecule has 0 bridgehead atoms. The average Bonchev–Trinajstić information content (AvgIpc) is 3.11. The standard InChI is InChI=1S/C13H14ClNO3/c1-8-6-9(2-3-10(8)14)7-15-11(16)13(4-5-13)12(17)18/h2-3,6H,4-5,7H2,1H3,(H,15,16)(H,17,18). The van der Waals surface area contributed by atoms with Crippen molar-refractivity contribution in [1.29, 1.82) is 0 Å². The Morgan fingerprint density at radius 1 is 1.44 bits per heavy atom. The Labute approximate surface area is 110 Å². The highest BCUT2D eigenvalue weighted by molar-refractivity contribution is 6.31. The van der Waals surface area contributed by atoms with Crippen molar-refractivity contribution in [3.05, 3.63) is 34.3 Å². The van der Waals surface area contributed by atoms with Crippen LogP contribution < -0.4 is 5.32 Å². The van der Waals surface area contributed by atoms with Crippen molar-refractivity contribution in [2.75, 3.05) is 0 Å². The Bertz CT molecular complexity index is 509. The van der Waals surface area contributed by atoms with Gasteiger partial charge in [-0.25, -0.2) is 0 Å². The van der Waals surface area contributed by atoms with Crippen molar-refractivity contribution in [2.24, 2.45) is 5.41 Å². The van der Waals surface area contributed by atoms with Crippen molar-refractivity contribution >= 4 is 23.5 Å². The van der Waals surface area contributed by atoms with Crippen molar-refractivity contribution in [1.82, 2.24) is 5.32 Å². The van der Waals surface area contributed by atoms with E-state index in [2.05, 4.69) is 5.32 Å². The fourth-order valence-electron chi connectivity index (χ4n) is 1.83. The van der Waals surface area contributed by atoms with Gasteiger partial charge in [-0.3, -0.25) is 9.59 Å². The smallest absolute Gasteiger partial charge is 0.319 e. The molecule has 1 aliphatic rings. The third kappa shape index (κ3) is 2.34. The van der Waals surface area contributed by atoms with Crippen LogP contribution in [0.5, 0.6) is 0 Å². The van der Waals surface area contributed by atoms with Gasteiger partial charge in [0.15, 0.2) is 0 Å². The first kappa shape index (κ1) is 12.9. The van der Waals surface area contributed by atoms with E-state index in [0.29, 0.717) is 24.4 Å². The number of hydrogen-bond acceptors (Lipinski definition) is 2. The van der Waals surface area contributed by atoms with Crippen LogP contribution in [-0.2, 0) is 16.1 Å². The fourth-order valence-corrected chi connectivity index (χ4v) is 1.95. The van der Waals surface area contributed by atoms with Crippen LogP contribution in [0.3, 0.4) is 0 Å². The number of nitrogens with one attached hydrogen (secondary N) is 1. The minimum Gasteiger partial charge on any atom is -0.480 e. The first-order valence-electron chi connectivity index (χ1n) is 5.72. The zero-order valence-corrected chi connectivity index (χ0v) is 10.8. The molecular weight excluding hydrogens is 254 g/mol.